The van der Waals surface area contributed by atoms with Crippen LogP contribution in [-0.4, -0.2) is 13.0 Å². The van der Waals surface area contributed by atoms with Gasteiger partial charge in [0.05, 0.1) is 18.5 Å². The van der Waals surface area contributed by atoms with E-state index >= 15 is 0 Å². The molecule has 6 heteroatoms. The molecule has 0 aliphatic rings. The molecule has 0 bridgehead atoms. The van der Waals surface area contributed by atoms with Gasteiger partial charge in [0.2, 0.25) is 0 Å². The molecule has 1 amide bonds. The van der Waals surface area contributed by atoms with Gasteiger partial charge in [-0.25, -0.2) is 0 Å². The molecule has 0 aliphatic carbocycles. The fraction of sp³-hybridized carbons (Fsp3) is 0.0556. The van der Waals surface area contributed by atoms with Gasteiger partial charge in [-0.05, 0) is 36.4 Å². The minimum atomic E-state index is -0.366. The number of furan rings is 1. The van der Waals surface area contributed by atoms with Crippen LogP contribution in [0.15, 0.2) is 63.5 Å². The van der Waals surface area contributed by atoms with Gasteiger partial charge in [0.25, 0.3) is 5.91 Å². The van der Waals surface area contributed by atoms with Crippen LogP contribution in [0.1, 0.15) is 10.6 Å². The first-order chi connectivity index (χ1) is 11.6. The number of amides is 1. The van der Waals surface area contributed by atoms with E-state index in [2.05, 4.69) is 21.2 Å². The van der Waals surface area contributed by atoms with Gasteiger partial charge in [0.15, 0.2) is 5.76 Å². The van der Waals surface area contributed by atoms with Crippen LogP contribution >= 0.6 is 15.9 Å². The van der Waals surface area contributed by atoms with E-state index in [9.17, 15) is 4.79 Å². The summed E-state index contributed by atoms with van der Waals surface area (Å²) in [5.74, 6) is 1.09. The molecule has 0 atom stereocenters. The summed E-state index contributed by atoms with van der Waals surface area (Å²) in [7, 11) is 1.56. The quantitative estimate of drug-likeness (QED) is 0.644. The smallest absolute Gasteiger partial charge is 0.291 e. The van der Waals surface area contributed by atoms with Crippen molar-refractivity contribution in [1.29, 1.82) is 0 Å². The van der Waals surface area contributed by atoms with Crippen LogP contribution in [0.3, 0.4) is 0 Å². The molecule has 0 unspecified atom stereocenters. The average Bonchev–Trinajstić information content (AvgIpc) is 3.07. The molecule has 2 aromatic carbocycles. The van der Waals surface area contributed by atoms with Crippen molar-refractivity contribution in [2.75, 3.05) is 18.2 Å². The molecule has 3 aromatic rings. The lowest BCUT2D eigenvalue weighted by Crippen LogP contribution is -2.12. The minimum Gasteiger partial charge on any atom is -0.497 e. The molecule has 0 saturated carbocycles. The molecule has 1 aromatic heterocycles. The number of anilines is 2. The number of nitrogen functional groups attached to an aromatic ring is 1. The molecule has 24 heavy (non-hydrogen) atoms. The number of nitrogens with two attached hydrogens (primary N) is 1. The Balaban J connectivity index is 1.77. The first kappa shape index (κ1) is 16.1. The Bertz CT molecular complexity index is 872. The summed E-state index contributed by atoms with van der Waals surface area (Å²) in [6, 6.07) is 16.1. The molecule has 0 fully saturated rings. The minimum absolute atomic E-state index is 0.211. The van der Waals surface area contributed by atoms with Crippen LogP contribution in [0.25, 0.3) is 11.3 Å². The van der Waals surface area contributed by atoms with E-state index in [4.69, 9.17) is 14.9 Å². The number of rotatable bonds is 4. The lowest BCUT2D eigenvalue weighted by Gasteiger charge is -2.08. The van der Waals surface area contributed by atoms with Crippen molar-refractivity contribution in [2.45, 2.75) is 0 Å². The third-order valence-electron chi connectivity index (χ3n) is 3.47. The SMILES string of the molecule is COc1ccc(NC(=O)c2ccc(-c3ccc(Br)cc3)o2)c(N)c1. The second-order valence-electron chi connectivity index (χ2n) is 5.08. The van der Waals surface area contributed by atoms with E-state index in [1.807, 2.05) is 24.3 Å². The number of hydrogen-bond donors (Lipinski definition) is 2. The largest absolute Gasteiger partial charge is 0.497 e. The van der Waals surface area contributed by atoms with Gasteiger partial charge < -0.3 is 20.2 Å². The third-order valence-corrected chi connectivity index (χ3v) is 3.99. The van der Waals surface area contributed by atoms with Crippen molar-refractivity contribution in [1.82, 2.24) is 0 Å². The Labute approximate surface area is 147 Å². The Morgan fingerprint density at radius 3 is 2.54 bits per heavy atom. The predicted molar refractivity (Wildman–Crippen MR) is 97.2 cm³/mol. The highest BCUT2D eigenvalue weighted by molar-refractivity contribution is 9.10. The summed E-state index contributed by atoms with van der Waals surface area (Å²) in [4.78, 5) is 12.3. The number of hydrogen-bond acceptors (Lipinski definition) is 4. The van der Waals surface area contributed by atoms with Crippen LogP contribution in [0.5, 0.6) is 5.75 Å². The van der Waals surface area contributed by atoms with Crippen molar-refractivity contribution in [3.05, 3.63) is 64.8 Å². The number of ether oxygens (including phenoxy) is 1. The first-order valence-corrected chi connectivity index (χ1v) is 7.97. The van der Waals surface area contributed by atoms with Gasteiger partial charge in [-0.3, -0.25) is 4.79 Å². The highest BCUT2D eigenvalue weighted by Gasteiger charge is 2.14. The standard InChI is InChI=1S/C18H15BrN2O3/c1-23-13-6-7-15(14(20)10-13)21-18(22)17-9-8-16(24-17)11-2-4-12(19)5-3-11/h2-10H,20H2,1H3,(H,21,22). The zero-order valence-electron chi connectivity index (χ0n) is 12.9. The van der Waals surface area contributed by atoms with E-state index < -0.39 is 0 Å². The number of benzene rings is 2. The van der Waals surface area contributed by atoms with Gasteiger partial charge >= 0.3 is 0 Å². The van der Waals surface area contributed by atoms with Crippen molar-refractivity contribution >= 4 is 33.2 Å². The Kier molecular flexibility index (Phi) is 4.57. The lowest BCUT2D eigenvalue weighted by atomic mass is 10.2. The van der Waals surface area contributed by atoms with Crippen molar-refractivity contribution in [3.8, 4) is 17.1 Å². The fourth-order valence-electron chi connectivity index (χ4n) is 2.19. The summed E-state index contributed by atoms with van der Waals surface area (Å²) in [5.41, 5.74) is 7.72. The summed E-state index contributed by atoms with van der Waals surface area (Å²) in [6.07, 6.45) is 0. The molecular formula is C18H15BrN2O3. The van der Waals surface area contributed by atoms with Crippen LogP contribution in [-0.2, 0) is 0 Å². The summed E-state index contributed by atoms with van der Waals surface area (Å²) >= 11 is 3.38. The zero-order chi connectivity index (χ0) is 17.1. The van der Waals surface area contributed by atoms with Crippen LogP contribution in [0.2, 0.25) is 0 Å². The third kappa shape index (κ3) is 3.44. The Morgan fingerprint density at radius 2 is 1.88 bits per heavy atom. The van der Waals surface area contributed by atoms with Crippen LogP contribution in [0, 0.1) is 0 Å². The molecule has 3 rings (SSSR count). The Morgan fingerprint density at radius 1 is 1.12 bits per heavy atom. The summed E-state index contributed by atoms with van der Waals surface area (Å²) < 4.78 is 11.7. The maximum Gasteiger partial charge on any atom is 0.291 e. The molecule has 0 radical (unpaired) electrons. The van der Waals surface area contributed by atoms with Gasteiger partial charge in [0, 0.05) is 16.1 Å². The summed E-state index contributed by atoms with van der Waals surface area (Å²) in [6.45, 7) is 0. The molecule has 1 heterocycles. The highest BCUT2D eigenvalue weighted by Crippen LogP contribution is 2.27. The lowest BCUT2D eigenvalue weighted by molar-refractivity contribution is 0.0997. The van der Waals surface area contributed by atoms with Crippen molar-refractivity contribution in [2.24, 2.45) is 0 Å². The molecule has 3 N–H and O–H groups in total. The molecule has 0 spiro atoms. The monoisotopic (exact) mass is 386 g/mol. The highest BCUT2D eigenvalue weighted by atomic mass is 79.9. The van der Waals surface area contributed by atoms with Gasteiger partial charge in [0.1, 0.15) is 11.5 Å². The van der Waals surface area contributed by atoms with Gasteiger partial charge in [-0.15, -0.1) is 0 Å². The topological polar surface area (TPSA) is 77.5 Å². The number of nitrogens with one attached hydrogen (secondary N) is 1. The van der Waals surface area contributed by atoms with E-state index in [1.54, 1.807) is 37.4 Å². The normalized spacial score (nSPS) is 10.4. The van der Waals surface area contributed by atoms with Crippen LogP contribution < -0.4 is 15.8 Å². The number of methoxy groups -OCH3 is 1. The van der Waals surface area contributed by atoms with Gasteiger partial charge in [-0.2, -0.15) is 0 Å². The van der Waals surface area contributed by atoms with Gasteiger partial charge in [-0.1, -0.05) is 28.1 Å². The second kappa shape index (κ2) is 6.80. The maximum absolute atomic E-state index is 12.3. The second-order valence-corrected chi connectivity index (χ2v) is 5.99. The molecule has 5 nitrogen and oxygen atoms in total. The van der Waals surface area contributed by atoms with Crippen LogP contribution in [0.4, 0.5) is 11.4 Å². The van der Waals surface area contributed by atoms with Crippen molar-refractivity contribution in [3.63, 3.8) is 0 Å². The van der Waals surface area contributed by atoms with E-state index in [0.29, 0.717) is 22.9 Å². The average molecular weight is 387 g/mol. The first-order valence-electron chi connectivity index (χ1n) is 7.17. The van der Waals surface area contributed by atoms with E-state index in [1.165, 1.54) is 0 Å². The molecule has 0 saturated heterocycles. The van der Waals surface area contributed by atoms with E-state index in [0.717, 1.165) is 10.0 Å². The number of halogens is 1. The fourth-order valence-corrected chi connectivity index (χ4v) is 2.46. The molecule has 0 aliphatic heterocycles. The van der Waals surface area contributed by atoms with E-state index in [-0.39, 0.29) is 11.7 Å². The summed E-state index contributed by atoms with van der Waals surface area (Å²) in [5, 5.41) is 2.73. The maximum atomic E-state index is 12.3. The number of carbonyl (C=O) groups is 1. The predicted octanol–water partition coefficient (Wildman–Crippen LogP) is 4.55. The number of carbonyl (C=O) groups excluding carboxylic acids is 1. The zero-order valence-corrected chi connectivity index (χ0v) is 14.5. The Hall–Kier alpha value is -2.73. The molecular weight excluding hydrogens is 372 g/mol. The van der Waals surface area contributed by atoms with Crippen molar-refractivity contribution < 1.29 is 13.9 Å². The molecule has 122 valence electrons.